The summed E-state index contributed by atoms with van der Waals surface area (Å²) in [6, 6.07) is 8.13. The molecule has 0 aliphatic carbocycles. The second-order valence-electron chi connectivity index (χ2n) is 5.29. The van der Waals surface area contributed by atoms with Crippen LogP contribution in [0, 0.1) is 11.8 Å². The fourth-order valence-corrected chi connectivity index (χ4v) is 2.33. The molecule has 1 atom stereocenters. The smallest absolute Gasteiger partial charge is 0.137 e. The van der Waals surface area contributed by atoms with Crippen molar-refractivity contribution in [3.63, 3.8) is 0 Å². The summed E-state index contributed by atoms with van der Waals surface area (Å²) in [4.78, 5) is 4.00. The Hall–Kier alpha value is -1.35. The van der Waals surface area contributed by atoms with Crippen LogP contribution in [0.2, 0.25) is 5.02 Å². The SMILES string of the molecule is CC(C)C(CCc1ccc(Cl)cc1)Cn1cncn1. The summed E-state index contributed by atoms with van der Waals surface area (Å²) >= 11 is 5.90. The zero-order valence-electron chi connectivity index (χ0n) is 11.5. The predicted molar refractivity (Wildman–Crippen MR) is 78.1 cm³/mol. The van der Waals surface area contributed by atoms with Crippen LogP contribution >= 0.6 is 11.6 Å². The number of benzene rings is 1. The Bertz CT molecular complexity index is 477. The minimum atomic E-state index is 0.609. The van der Waals surface area contributed by atoms with Crippen molar-refractivity contribution in [1.82, 2.24) is 14.8 Å². The lowest BCUT2D eigenvalue weighted by atomic mass is 9.89. The zero-order chi connectivity index (χ0) is 13.7. The van der Waals surface area contributed by atoms with Crippen LogP contribution in [0.3, 0.4) is 0 Å². The molecular formula is C15H20ClN3. The highest BCUT2D eigenvalue weighted by atomic mass is 35.5. The molecule has 1 unspecified atom stereocenters. The first kappa shape index (κ1) is 14.1. The molecule has 0 bridgehead atoms. The number of hydrogen-bond donors (Lipinski definition) is 0. The summed E-state index contributed by atoms with van der Waals surface area (Å²) in [5.41, 5.74) is 1.34. The van der Waals surface area contributed by atoms with Gasteiger partial charge in [0.05, 0.1) is 0 Å². The lowest BCUT2D eigenvalue weighted by Gasteiger charge is -2.20. The van der Waals surface area contributed by atoms with E-state index in [-0.39, 0.29) is 0 Å². The normalized spacial score (nSPS) is 12.8. The summed E-state index contributed by atoms with van der Waals surface area (Å²) in [5.74, 6) is 1.24. The Morgan fingerprint density at radius 3 is 2.53 bits per heavy atom. The predicted octanol–water partition coefficient (Wildman–Crippen LogP) is 3.84. The fourth-order valence-electron chi connectivity index (χ4n) is 2.21. The Kier molecular flexibility index (Phi) is 4.97. The molecule has 0 spiro atoms. The number of nitrogens with zero attached hydrogens (tertiary/aromatic N) is 3. The highest BCUT2D eigenvalue weighted by Gasteiger charge is 2.14. The maximum atomic E-state index is 5.90. The minimum absolute atomic E-state index is 0.609. The zero-order valence-corrected chi connectivity index (χ0v) is 12.2. The standard InChI is InChI=1S/C15H20ClN3/c1-12(2)14(9-19-11-17-10-18-19)6-3-13-4-7-15(16)8-5-13/h4-5,7-8,10-12,14H,3,6,9H2,1-2H3. The summed E-state index contributed by atoms with van der Waals surface area (Å²) in [6.45, 7) is 5.47. The molecule has 2 aromatic rings. The molecule has 102 valence electrons. The second-order valence-corrected chi connectivity index (χ2v) is 5.72. The second kappa shape index (κ2) is 6.71. The molecule has 19 heavy (non-hydrogen) atoms. The van der Waals surface area contributed by atoms with Crippen LogP contribution in [0.25, 0.3) is 0 Å². The molecule has 2 rings (SSSR count). The molecule has 1 aromatic carbocycles. The average molecular weight is 278 g/mol. The van der Waals surface area contributed by atoms with E-state index in [1.807, 2.05) is 16.8 Å². The van der Waals surface area contributed by atoms with Gasteiger partial charge in [-0.15, -0.1) is 0 Å². The third kappa shape index (κ3) is 4.35. The molecule has 0 N–H and O–H groups in total. The van der Waals surface area contributed by atoms with Crippen molar-refractivity contribution in [2.24, 2.45) is 11.8 Å². The van der Waals surface area contributed by atoms with Crippen LogP contribution in [0.1, 0.15) is 25.8 Å². The van der Waals surface area contributed by atoms with Gasteiger partial charge in [0.25, 0.3) is 0 Å². The van der Waals surface area contributed by atoms with E-state index >= 15 is 0 Å². The van der Waals surface area contributed by atoms with Gasteiger partial charge >= 0.3 is 0 Å². The molecule has 0 radical (unpaired) electrons. The molecule has 3 nitrogen and oxygen atoms in total. The molecule has 4 heteroatoms. The lowest BCUT2D eigenvalue weighted by molar-refractivity contribution is 0.301. The van der Waals surface area contributed by atoms with Crippen LogP contribution < -0.4 is 0 Å². The van der Waals surface area contributed by atoms with Gasteiger partial charge in [0.15, 0.2) is 0 Å². The van der Waals surface area contributed by atoms with Gasteiger partial charge in [-0.1, -0.05) is 37.6 Å². The first-order valence-corrected chi connectivity index (χ1v) is 7.10. The molecule has 0 amide bonds. The number of hydrogen-bond acceptors (Lipinski definition) is 2. The van der Waals surface area contributed by atoms with Gasteiger partial charge < -0.3 is 0 Å². The van der Waals surface area contributed by atoms with Crippen LogP contribution in [0.5, 0.6) is 0 Å². The van der Waals surface area contributed by atoms with Crippen molar-refractivity contribution in [3.05, 3.63) is 47.5 Å². The van der Waals surface area contributed by atoms with E-state index in [1.165, 1.54) is 5.56 Å². The number of halogens is 1. The van der Waals surface area contributed by atoms with Crippen LogP contribution in [0.15, 0.2) is 36.9 Å². The molecule has 0 fully saturated rings. The van der Waals surface area contributed by atoms with E-state index in [2.05, 4.69) is 36.1 Å². The van der Waals surface area contributed by atoms with Gasteiger partial charge in [0, 0.05) is 11.6 Å². The Balaban J connectivity index is 1.91. The van der Waals surface area contributed by atoms with E-state index < -0.39 is 0 Å². The highest BCUT2D eigenvalue weighted by Crippen LogP contribution is 2.20. The van der Waals surface area contributed by atoms with Crippen molar-refractivity contribution >= 4 is 11.6 Å². The van der Waals surface area contributed by atoms with Crippen LogP contribution in [-0.2, 0) is 13.0 Å². The molecule has 0 saturated carbocycles. The largest absolute Gasteiger partial charge is 0.253 e. The Morgan fingerprint density at radius 2 is 1.95 bits per heavy atom. The monoisotopic (exact) mass is 277 g/mol. The lowest BCUT2D eigenvalue weighted by Crippen LogP contribution is -2.17. The summed E-state index contributed by atoms with van der Waals surface area (Å²) in [6.07, 6.45) is 5.61. The maximum Gasteiger partial charge on any atom is 0.137 e. The van der Waals surface area contributed by atoms with Crippen molar-refractivity contribution < 1.29 is 0 Å². The maximum absolute atomic E-state index is 5.90. The van der Waals surface area contributed by atoms with Gasteiger partial charge in [0.2, 0.25) is 0 Å². The van der Waals surface area contributed by atoms with E-state index in [4.69, 9.17) is 11.6 Å². The number of rotatable bonds is 6. The molecule has 0 aliphatic rings. The molecular weight excluding hydrogens is 258 g/mol. The summed E-state index contributed by atoms with van der Waals surface area (Å²) < 4.78 is 1.92. The third-order valence-corrected chi connectivity index (χ3v) is 3.80. The fraction of sp³-hybridized carbons (Fsp3) is 0.467. The van der Waals surface area contributed by atoms with E-state index in [0.29, 0.717) is 11.8 Å². The quantitative estimate of drug-likeness (QED) is 0.803. The van der Waals surface area contributed by atoms with Gasteiger partial charge in [-0.05, 0) is 42.4 Å². The molecule has 1 aromatic heterocycles. The van der Waals surface area contributed by atoms with Crippen molar-refractivity contribution in [2.75, 3.05) is 0 Å². The first-order chi connectivity index (χ1) is 9.15. The molecule has 0 saturated heterocycles. The van der Waals surface area contributed by atoms with Crippen molar-refractivity contribution in [3.8, 4) is 0 Å². The van der Waals surface area contributed by atoms with E-state index in [1.54, 1.807) is 12.7 Å². The third-order valence-electron chi connectivity index (χ3n) is 3.55. The van der Waals surface area contributed by atoms with Gasteiger partial charge in [-0.2, -0.15) is 5.10 Å². The minimum Gasteiger partial charge on any atom is -0.253 e. The first-order valence-electron chi connectivity index (χ1n) is 6.72. The van der Waals surface area contributed by atoms with Gasteiger partial charge in [-0.25, -0.2) is 4.98 Å². The van der Waals surface area contributed by atoms with E-state index in [9.17, 15) is 0 Å². The van der Waals surface area contributed by atoms with Crippen molar-refractivity contribution in [1.29, 1.82) is 0 Å². The van der Waals surface area contributed by atoms with Crippen LogP contribution in [-0.4, -0.2) is 14.8 Å². The summed E-state index contributed by atoms with van der Waals surface area (Å²) in [5, 5.41) is 4.99. The van der Waals surface area contributed by atoms with Crippen LogP contribution in [0.4, 0.5) is 0 Å². The van der Waals surface area contributed by atoms with Gasteiger partial charge in [-0.3, -0.25) is 4.68 Å². The highest BCUT2D eigenvalue weighted by molar-refractivity contribution is 6.30. The Morgan fingerprint density at radius 1 is 1.21 bits per heavy atom. The van der Waals surface area contributed by atoms with Gasteiger partial charge in [0.1, 0.15) is 12.7 Å². The summed E-state index contributed by atoms with van der Waals surface area (Å²) in [7, 11) is 0. The molecule has 0 aliphatic heterocycles. The van der Waals surface area contributed by atoms with E-state index in [0.717, 1.165) is 24.4 Å². The average Bonchev–Trinajstić information content (AvgIpc) is 2.89. The Labute approximate surface area is 119 Å². The topological polar surface area (TPSA) is 30.7 Å². The van der Waals surface area contributed by atoms with Crippen molar-refractivity contribution in [2.45, 2.75) is 33.2 Å². The number of aryl methyl sites for hydroxylation is 1. The molecule has 1 heterocycles. The number of aromatic nitrogens is 3.